The topological polar surface area (TPSA) is 91.5 Å². The van der Waals surface area contributed by atoms with E-state index in [1.165, 1.54) is 6.20 Å². The number of likely N-dealkylation sites (tertiary alicyclic amines) is 1. The minimum Gasteiger partial charge on any atom is -0.444 e. The van der Waals surface area contributed by atoms with E-state index in [1.54, 1.807) is 34.7 Å². The standard InChI is InChI=1S/C22H29N5O3/c1-22(2,3)30-21(29)25(4)17-7-9-26(10-8-17)11-12-27-19-13-16(14-23)5-6-18(19)24-15-20(27)28/h5-6,13,15,17H,7-12H2,1-4H3. The Labute approximate surface area is 176 Å². The summed E-state index contributed by atoms with van der Waals surface area (Å²) in [6, 6.07) is 7.45. The lowest BCUT2D eigenvalue weighted by molar-refractivity contribution is 0.0151. The first-order valence-electron chi connectivity index (χ1n) is 10.3. The normalized spacial score (nSPS) is 15.7. The molecule has 1 fully saturated rings. The average Bonchev–Trinajstić information content (AvgIpc) is 2.71. The van der Waals surface area contributed by atoms with Gasteiger partial charge in [0, 0.05) is 39.3 Å². The molecule has 1 amide bonds. The van der Waals surface area contributed by atoms with Crippen molar-refractivity contribution in [3.8, 4) is 6.07 Å². The Kier molecular flexibility index (Phi) is 6.42. The van der Waals surface area contributed by atoms with Crippen molar-refractivity contribution in [2.45, 2.75) is 51.8 Å². The maximum Gasteiger partial charge on any atom is 0.410 e. The maximum atomic E-state index is 12.4. The summed E-state index contributed by atoms with van der Waals surface area (Å²) >= 11 is 0. The van der Waals surface area contributed by atoms with Crippen LogP contribution in [0.1, 0.15) is 39.2 Å². The van der Waals surface area contributed by atoms with Gasteiger partial charge in [0.1, 0.15) is 5.60 Å². The second-order valence-corrected chi connectivity index (χ2v) is 8.73. The number of carbonyl (C=O) groups is 1. The molecule has 0 unspecified atom stereocenters. The van der Waals surface area contributed by atoms with Crippen LogP contribution in [0.3, 0.4) is 0 Å². The summed E-state index contributed by atoms with van der Waals surface area (Å²) in [6.45, 7) is 8.54. The number of hydrogen-bond donors (Lipinski definition) is 0. The molecule has 0 aliphatic carbocycles. The van der Waals surface area contributed by atoms with Crippen LogP contribution in [0, 0.1) is 11.3 Å². The van der Waals surface area contributed by atoms with Gasteiger partial charge in [0.15, 0.2) is 0 Å². The van der Waals surface area contributed by atoms with Crippen molar-refractivity contribution in [1.29, 1.82) is 5.26 Å². The first kappa shape index (κ1) is 21.8. The fourth-order valence-corrected chi connectivity index (χ4v) is 3.72. The van der Waals surface area contributed by atoms with Crippen molar-refractivity contribution >= 4 is 17.1 Å². The van der Waals surface area contributed by atoms with Crippen molar-refractivity contribution in [1.82, 2.24) is 19.4 Å². The van der Waals surface area contributed by atoms with Crippen LogP contribution in [0.25, 0.3) is 11.0 Å². The Morgan fingerprint density at radius 3 is 2.63 bits per heavy atom. The van der Waals surface area contributed by atoms with Crippen LogP contribution in [-0.2, 0) is 11.3 Å². The van der Waals surface area contributed by atoms with E-state index in [-0.39, 0.29) is 17.7 Å². The number of nitriles is 1. The van der Waals surface area contributed by atoms with Crippen LogP contribution < -0.4 is 5.56 Å². The van der Waals surface area contributed by atoms with Crippen molar-refractivity contribution in [2.24, 2.45) is 0 Å². The summed E-state index contributed by atoms with van der Waals surface area (Å²) in [4.78, 5) is 32.8. The molecule has 2 heterocycles. The Morgan fingerprint density at radius 1 is 1.30 bits per heavy atom. The summed E-state index contributed by atoms with van der Waals surface area (Å²) in [7, 11) is 1.80. The van der Waals surface area contributed by atoms with Gasteiger partial charge in [-0.15, -0.1) is 0 Å². The van der Waals surface area contributed by atoms with Crippen molar-refractivity contribution in [2.75, 3.05) is 26.7 Å². The molecule has 2 aromatic rings. The van der Waals surface area contributed by atoms with E-state index in [9.17, 15) is 9.59 Å². The fourth-order valence-electron chi connectivity index (χ4n) is 3.72. The summed E-state index contributed by atoms with van der Waals surface area (Å²) in [6.07, 6.45) is 2.76. The predicted molar refractivity (Wildman–Crippen MR) is 114 cm³/mol. The van der Waals surface area contributed by atoms with Gasteiger partial charge in [-0.2, -0.15) is 5.26 Å². The molecule has 0 N–H and O–H groups in total. The second-order valence-electron chi connectivity index (χ2n) is 8.73. The molecule has 160 valence electrons. The second kappa shape index (κ2) is 8.84. The van der Waals surface area contributed by atoms with Gasteiger partial charge in [-0.25, -0.2) is 9.78 Å². The number of fused-ring (bicyclic) bond motifs is 1. The molecule has 3 rings (SSSR count). The Hall–Kier alpha value is -2.92. The Morgan fingerprint density at radius 2 is 2.00 bits per heavy atom. The molecular weight excluding hydrogens is 382 g/mol. The molecule has 0 atom stereocenters. The quantitative estimate of drug-likeness (QED) is 0.768. The van der Waals surface area contributed by atoms with Crippen molar-refractivity contribution in [3.05, 3.63) is 40.3 Å². The molecule has 1 aliphatic heterocycles. The van der Waals surface area contributed by atoms with E-state index >= 15 is 0 Å². The molecule has 1 aromatic carbocycles. The van der Waals surface area contributed by atoms with Crippen LogP contribution in [0.5, 0.6) is 0 Å². The van der Waals surface area contributed by atoms with Gasteiger partial charge in [0.2, 0.25) is 0 Å². The maximum absolute atomic E-state index is 12.4. The van der Waals surface area contributed by atoms with Crippen molar-refractivity contribution < 1.29 is 9.53 Å². The van der Waals surface area contributed by atoms with E-state index < -0.39 is 5.60 Å². The third-order valence-corrected chi connectivity index (χ3v) is 5.40. The summed E-state index contributed by atoms with van der Waals surface area (Å²) in [5.41, 5.74) is 1.22. The molecule has 30 heavy (non-hydrogen) atoms. The molecule has 8 nitrogen and oxygen atoms in total. The van der Waals surface area contributed by atoms with Gasteiger partial charge < -0.3 is 19.1 Å². The molecule has 0 spiro atoms. The molecule has 0 bridgehead atoms. The van der Waals surface area contributed by atoms with Crippen molar-refractivity contribution in [3.63, 3.8) is 0 Å². The SMILES string of the molecule is CN(C(=O)OC(C)(C)C)C1CCN(CCn2c(=O)cnc3ccc(C#N)cc32)CC1. The monoisotopic (exact) mass is 411 g/mol. The molecule has 0 saturated carbocycles. The third-order valence-electron chi connectivity index (χ3n) is 5.40. The number of nitrogens with zero attached hydrogens (tertiary/aromatic N) is 5. The van der Waals surface area contributed by atoms with Crippen LogP contribution >= 0.6 is 0 Å². The lowest BCUT2D eigenvalue weighted by Gasteiger charge is -2.37. The number of rotatable bonds is 4. The highest BCUT2D eigenvalue weighted by Gasteiger charge is 2.28. The number of hydrogen-bond acceptors (Lipinski definition) is 6. The van der Waals surface area contributed by atoms with Gasteiger partial charge in [-0.3, -0.25) is 4.79 Å². The lowest BCUT2D eigenvalue weighted by Crippen LogP contribution is -2.47. The Bertz CT molecular complexity index is 1010. The third kappa shape index (κ3) is 5.16. The number of benzene rings is 1. The van der Waals surface area contributed by atoms with E-state index in [4.69, 9.17) is 10.00 Å². The molecular formula is C22H29N5O3. The molecule has 8 heteroatoms. The number of carbonyl (C=O) groups excluding carboxylic acids is 1. The minimum absolute atomic E-state index is 0.152. The first-order valence-corrected chi connectivity index (χ1v) is 10.3. The number of piperidine rings is 1. The van der Waals surface area contributed by atoms with E-state index in [1.807, 2.05) is 20.8 Å². The Balaban J connectivity index is 1.60. The van der Waals surface area contributed by atoms with E-state index in [0.29, 0.717) is 23.1 Å². The van der Waals surface area contributed by atoms with Gasteiger partial charge in [-0.1, -0.05) is 0 Å². The summed E-state index contributed by atoms with van der Waals surface area (Å²) < 4.78 is 7.15. The summed E-state index contributed by atoms with van der Waals surface area (Å²) in [5, 5.41) is 9.16. The number of amides is 1. The van der Waals surface area contributed by atoms with Gasteiger partial charge in [-0.05, 0) is 51.8 Å². The molecule has 1 aliphatic rings. The van der Waals surface area contributed by atoms with Gasteiger partial charge in [0.05, 0.1) is 28.9 Å². The highest BCUT2D eigenvalue weighted by molar-refractivity contribution is 5.76. The van der Waals surface area contributed by atoms with Gasteiger partial charge >= 0.3 is 6.09 Å². The smallest absolute Gasteiger partial charge is 0.410 e. The van der Waals surface area contributed by atoms with Crippen LogP contribution in [0.4, 0.5) is 4.79 Å². The molecule has 0 radical (unpaired) electrons. The number of aromatic nitrogens is 2. The minimum atomic E-state index is -0.502. The highest BCUT2D eigenvalue weighted by Crippen LogP contribution is 2.19. The van der Waals surface area contributed by atoms with Crippen LogP contribution in [0.15, 0.2) is 29.2 Å². The fraction of sp³-hybridized carbons (Fsp3) is 0.545. The lowest BCUT2D eigenvalue weighted by atomic mass is 10.0. The predicted octanol–water partition coefficient (Wildman–Crippen LogP) is 2.60. The first-order chi connectivity index (χ1) is 14.2. The molecule has 1 saturated heterocycles. The van der Waals surface area contributed by atoms with Gasteiger partial charge in [0.25, 0.3) is 5.56 Å². The van der Waals surface area contributed by atoms with Crippen LogP contribution in [-0.4, -0.2) is 63.8 Å². The largest absolute Gasteiger partial charge is 0.444 e. The van der Waals surface area contributed by atoms with E-state index in [0.717, 1.165) is 32.5 Å². The molecule has 1 aromatic heterocycles. The zero-order valence-corrected chi connectivity index (χ0v) is 18.1. The van der Waals surface area contributed by atoms with E-state index in [2.05, 4.69) is 16.0 Å². The summed E-state index contributed by atoms with van der Waals surface area (Å²) in [5.74, 6) is 0. The van der Waals surface area contributed by atoms with Crippen LogP contribution in [0.2, 0.25) is 0 Å². The average molecular weight is 412 g/mol. The zero-order valence-electron chi connectivity index (χ0n) is 18.1. The zero-order chi connectivity index (χ0) is 21.9. The number of ether oxygens (including phenoxy) is 1. The highest BCUT2D eigenvalue weighted by atomic mass is 16.6.